The highest BCUT2D eigenvalue weighted by molar-refractivity contribution is 7.85. The van der Waals surface area contributed by atoms with E-state index < -0.39 is 10.1 Å². The fourth-order valence-corrected chi connectivity index (χ4v) is 2.67. The zero-order chi connectivity index (χ0) is 13.7. The molecule has 0 heterocycles. The SMILES string of the molecule is C=CC(=O)NCC(C)(C)CC(C)CS(=O)(=O)O. The fraction of sp³-hybridized carbons (Fsp3) is 0.727. The molecule has 17 heavy (non-hydrogen) atoms. The summed E-state index contributed by atoms with van der Waals surface area (Å²) >= 11 is 0. The van der Waals surface area contributed by atoms with Crippen LogP contribution in [0.5, 0.6) is 0 Å². The summed E-state index contributed by atoms with van der Waals surface area (Å²) in [6.07, 6.45) is 1.78. The monoisotopic (exact) mass is 263 g/mol. The number of hydrogen-bond acceptors (Lipinski definition) is 3. The predicted octanol–water partition coefficient (Wildman–Crippen LogP) is 1.23. The predicted molar refractivity (Wildman–Crippen MR) is 67.2 cm³/mol. The van der Waals surface area contributed by atoms with Crippen molar-refractivity contribution in [3.8, 4) is 0 Å². The molecule has 2 N–H and O–H groups in total. The maximum absolute atomic E-state index is 11.0. The van der Waals surface area contributed by atoms with Gasteiger partial charge in [0, 0.05) is 6.54 Å². The second-order valence-corrected chi connectivity index (χ2v) is 6.64. The molecule has 5 nitrogen and oxygen atoms in total. The highest BCUT2D eigenvalue weighted by Gasteiger charge is 2.24. The van der Waals surface area contributed by atoms with E-state index in [4.69, 9.17) is 4.55 Å². The van der Waals surface area contributed by atoms with Crippen molar-refractivity contribution in [2.24, 2.45) is 11.3 Å². The van der Waals surface area contributed by atoms with E-state index in [0.29, 0.717) is 13.0 Å². The van der Waals surface area contributed by atoms with Crippen molar-refractivity contribution < 1.29 is 17.8 Å². The van der Waals surface area contributed by atoms with E-state index in [1.165, 1.54) is 6.08 Å². The van der Waals surface area contributed by atoms with Crippen LogP contribution in [0.1, 0.15) is 27.2 Å². The lowest BCUT2D eigenvalue weighted by atomic mass is 9.84. The molecule has 100 valence electrons. The van der Waals surface area contributed by atoms with Crippen LogP contribution in [0.25, 0.3) is 0 Å². The highest BCUT2D eigenvalue weighted by Crippen LogP contribution is 2.25. The molecule has 0 saturated heterocycles. The molecule has 0 saturated carbocycles. The van der Waals surface area contributed by atoms with Gasteiger partial charge in [0.2, 0.25) is 5.91 Å². The summed E-state index contributed by atoms with van der Waals surface area (Å²) in [5.74, 6) is -0.674. The van der Waals surface area contributed by atoms with Crippen molar-refractivity contribution in [2.75, 3.05) is 12.3 Å². The van der Waals surface area contributed by atoms with E-state index in [1.807, 2.05) is 13.8 Å². The zero-order valence-electron chi connectivity index (χ0n) is 10.6. The lowest BCUT2D eigenvalue weighted by Gasteiger charge is -2.27. The van der Waals surface area contributed by atoms with E-state index >= 15 is 0 Å². The third kappa shape index (κ3) is 8.88. The largest absolute Gasteiger partial charge is 0.352 e. The Morgan fingerprint density at radius 2 is 2.06 bits per heavy atom. The normalized spacial score (nSPS) is 14.1. The molecule has 0 aromatic carbocycles. The van der Waals surface area contributed by atoms with Gasteiger partial charge >= 0.3 is 0 Å². The van der Waals surface area contributed by atoms with E-state index in [1.54, 1.807) is 6.92 Å². The van der Waals surface area contributed by atoms with E-state index in [9.17, 15) is 13.2 Å². The van der Waals surface area contributed by atoms with Gasteiger partial charge in [-0.05, 0) is 23.8 Å². The molecular formula is C11H21NO4S. The van der Waals surface area contributed by atoms with Crippen LogP contribution in [0.15, 0.2) is 12.7 Å². The van der Waals surface area contributed by atoms with Gasteiger partial charge in [-0.3, -0.25) is 9.35 Å². The third-order valence-corrected chi connectivity index (χ3v) is 3.31. The summed E-state index contributed by atoms with van der Waals surface area (Å²) in [5, 5.41) is 2.67. The van der Waals surface area contributed by atoms with E-state index in [-0.39, 0.29) is 23.0 Å². The van der Waals surface area contributed by atoms with Gasteiger partial charge in [0.1, 0.15) is 0 Å². The van der Waals surface area contributed by atoms with Gasteiger partial charge in [0.15, 0.2) is 0 Å². The van der Waals surface area contributed by atoms with Crippen LogP contribution < -0.4 is 5.32 Å². The van der Waals surface area contributed by atoms with Gasteiger partial charge in [-0.1, -0.05) is 27.4 Å². The molecule has 0 radical (unpaired) electrons. The fourth-order valence-electron chi connectivity index (χ4n) is 1.83. The number of carbonyl (C=O) groups is 1. The average Bonchev–Trinajstić information content (AvgIpc) is 2.10. The standard InChI is InChI=1S/C11H21NO4S/c1-5-10(13)12-8-11(3,4)6-9(2)7-17(14,15)16/h5,9H,1,6-8H2,2-4H3,(H,12,13)(H,14,15,16). The van der Waals surface area contributed by atoms with Crippen LogP contribution in [0.4, 0.5) is 0 Å². The van der Waals surface area contributed by atoms with Gasteiger partial charge in [-0.15, -0.1) is 0 Å². The maximum atomic E-state index is 11.0. The average molecular weight is 263 g/mol. The Morgan fingerprint density at radius 1 is 1.53 bits per heavy atom. The van der Waals surface area contributed by atoms with Crippen molar-refractivity contribution in [3.63, 3.8) is 0 Å². The summed E-state index contributed by atoms with van der Waals surface area (Å²) in [6, 6.07) is 0. The summed E-state index contributed by atoms with van der Waals surface area (Å²) in [5.41, 5.74) is -0.233. The van der Waals surface area contributed by atoms with Crippen LogP contribution in [-0.2, 0) is 14.9 Å². The summed E-state index contributed by atoms with van der Waals surface area (Å²) in [4.78, 5) is 11.0. The zero-order valence-corrected chi connectivity index (χ0v) is 11.4. The molecule has 0 bridgehead atoms. The number of hydrogen-bond donors (Lipinski definition) is 2. The quantitative estimate of drug-likeness (QED) is 0.534. The molecule has 0 rings (SSSR count). The Balaban J connectivity index is 4.24. The van der Waals surface area contributed by atoms with E-state index in [2.05, 4.69) is 11.9 Å². The second kappa shape index (κ2) is 6.16. The lowest BCUT2D eigenvalue weighted by Crippen LogP contribution is -2.34. The minimum absolute atomic E-state index is 0.166. The Labute approximate surface area is 103 Å². The van der Waals surface area contributed by atoms with Gasteiger partial charge in [-0.2, -0.15) is 8.42 Å². The molecule has 0 fully saturated rings. The summed E-state index contributed by atoms with van der Waals surface area (Å²) in [7, 11) is -3.94. The molecule has 1 unspecified atom stereocenters. The molecule has 0 aromatic rings. The van der Waals surface area contributed by atoms with Gasteiger partial charge in [-0.25, -0.2) is 0 Å². The Hall–Kier alpha value is -0.880. The van der Waals surface area contributed by atoms with Gasteiger partial charge in [0.25, 0.3) is 10.1 Å². The van der Waals surface area contributed by atoms with Crippen LogP contribution in [0.3, 0.4) is 0 Å². The first-order chi connectivity index (χ1) is 7.56. The van der Waals surface area contributed by atoms with Crippen molar-refractivity contribution in [1.82, 2.24) is 5.32 Å². The van der Waals surface area contributed by atoms with Crippen LogP contribution in [0, 0.1) is 11.3 Å². The summed E-state index contributed by atoms with van der Waals surface area (Å²) < 4.78 is 30.2. The smallest absolute Gasteiger partial charge is 0.265 e. The van der Waals surface area contributed by atoms with Crippen LogP contribution in [0.2, 0.25) is 0 Å². The first kappa shape index (κ1) is 16.1. The summed E-state index contributed by atoms with van der Waals surface area (Å²) in [6.45, 7) is 9.39. The Bertz CT molecular complexity index is 373. The number of carbonyl (C=O) groups excluding carboxylic acids is 1. The maximum Gasteiger partial charge on any atom is 0.265 e. The first-order valence-electron chi connectivity index (χ1n) is 5.41. The third-order valence-electron chi connectivity index (χ3n) is 2.32. The van der Waals surface area contributed by atoms with Gasteiger partial charge in [0.05, 0.1) is 5.75 Å². The molecule has 1 amide bonds. The second-order valence-electron chi connectivity index (χ2n) is 5.14. The molecule has 0 aliphatic heterocycles. The first-order valence-corrected chi connectivity index (χ1v) is 7.02. The van der Waals surface area contributed by atoms with Crippen molar-refractivity contribution >= 4 is 16.0 Å². The highest BCUT2D eigenvalue weighted by atomic mass is 32.2. The number of rotatable bonds is 7. The molecule has 0 aromatic heterocycles. The number of amides is 1. The molecule has 0 spiro atoms. The molecule has 6 heteroatoms. The molecular weight excluding hydrogens is 242 g/mol. The molecule has 0 aliphatic rings. The Morgan fingerprint density at radius 3 is 2.47 bits per heavy atom. The lowest BCUT2D eigenvalue weighted by molar-refractivity contribution is -0.116. The van der Waals surface area contributed by atoms with Crippen LogP contribution >= 0.6 is 0 Å². The minimum Gasteiger partial charge on any atom is -0.352 e. The van der Waals surface area contributed by atoms with E-state index in [0.717, 1.165) is 0 Å². The van der Waals surface area contributed by atoms with Crippen molar-refractivity contribution in [2.45, 2.75) is 27.2 Å². The number of nitrogens with one attached hydrogen (secondary N) is 1. The van der Waals surface area contributed by atoms with Crippen molar-refractivity contribution in [3.05, 3.63) is 12.7 Å². The topological polar surface area (TPSA) is 83.5 Å². The van der Waals surface area contributed by atoms with Crippen molar-refractivity contribution in [1.29, 1.82) is 0 Å². The minimum atomic E-state index is -3.94. The molecule has 1 atom stereocenters. The Kier molecular flexibility index (Phi) is 5.84. The van der Waals surface area contributed by atoms with Crippen LogP contribution in [-0.4, -0.2) is 31.2 Å². The van der Waals surface area contributed by atoms with Gasteiger partial charge < -0.3 is 5.32 Å². The molecule has 0 aliphatic carbocycles.